The number of benzene rings is 2. The van der Waals surface area contributed by atoms with Crippen molar-refractivity contribution in [3.63, 3.8) is 0 Å². The highest BCUT2D eigenvalue weighted by Crippen LogP contribution is 2.14. The number of nitrogens with zero attached hydrogens (tertiary/aromatic N) is 1. The molecule has 0 heterocycles. The van der Waals surface area contributed by atoms with Gasteiger partial charge in [-0.25, -0.2) is 4.39 Å². The van der Waals surface area contributed by atoms with Crippen LogP contribution in [0.5, 0.6) is 0 Å². The lowest BCUT2D eigenvalue weighted by Crippen LogP contribution is -2.08. The highest BCUT2D eigenvalue weighted by molar-refractivity contribution is 5.47. The van der Waals surface area contributed by atoms with Crippen molar-refractivity contribution in [2.24, 2.45) is 0 Å². The molecule has 0 spiro atoms. The van der Waals surface area contributed by atoms with Gasteiger partial charge in [-0.1, -0.05) is 12.1 Å². The van der Waals surface area contributed by atoms with Crippen LogP contribution in [0.2, 0.25) is 0 Å². The van der Waals surface area contributed by atoms with Crippen molar-refractivity contribution in [2.45, 2.75) is 6.54 Å². The van der Waals surface area contributed by atoms with Gasteiger partial charge in [0.2, 0.25) is 0 Å². The fourth-order valence-corrected chi connectivity index (χ4v) is 1.68. The van der Waals surface area contributed by atoms with Crippen LogP contribution < -0.4 is 10.2 Å². The monoisotopic (exact) mass is 244 g/mol. The molecule has 0 aliphatic heterocycles. The van der Waals surface area contributed by atoms with E-state index in [-0.39, 0.29) is 5.82 Å². The van der Waals surface area contributed by atoms with E-state index in [1.165, 1.54) is 23.4 Å². The minimum Gasteiger partial charge on any atom is -0.381 e. The van der Waals surface area contributed by atoms with Crippen molar-refractivity contribution in [1.29, 1.82) is 0 Å². The number of halogens is 1. The molecule has 0 unspecified atom stereocenters. The number of nitrogens with one attached hydrogen (secondary N) is 1. The van der Waals surface area contributed by atoms with Crippen molar-refractivity contribution in [3.05, 3.63) is 59.9 Å². The molecule has 0 saturated heterocycles. The Bertz CT molecular complexity index is 489. The summed E-state index contributed by atoms with van der Waals surface area (Å²) in [6, 6.07) is 14.7. The topological polar surface area (TPSA) is 15.3 Å². The fraction of sp³-hybridized carbons (Fsp3) is 0.200. The third kappa shape index (κ3) is 3.23. The summed E-state index contributed by atoms with van der Waals surface area (Å²) in [6.07, 6.45) is 0. The molecule has 2 aromatic carbocycles. The van der Waals surface area contributed by atoms with Crippen LogP contribution in [-0.4, -0.2) is 14.1 Å². The van der Waals surface area contributed by atoms with Crippen molar-refractivity contribution in [3.8, 4) is 0 Å². The molecule has 0 saturated carbocycles. The molecule has 0 amide bonds. The molecule has 0 aliphatic carbocycles. The predicted octanol–water partition coefficient (Wildman–Crippen LogP) is 3.50. The van der Waals surface area contributed by atoms with Gasteiger partial charge in [-0.05, 0) is 42.0 Å². The fourth-order valence-electron chi connectivity index (χ4n) is 1.68. The van der Waals surface area contributed by atoms with Gasteiger partial charge >= 0.3 is 0 Å². The Hall–Kier alpha value is -2.03. The lowest BCUT2D eigenvalue weighted by atomic mass is 10.2. The van der Waals surface area contributed by atoms with Crippen LogP contribution in [0.4, 0.5) is 15.8 Å². The van der Waals surface area contributed by atoms with Gasteiger partial charge in [0, 0.05) is 32.0 Å². The van der Waals surface area contributed by atoms with E-state index >= 15 is 0 Å². The first kappa shape index (κ1) is 12.4. The predicted molar refractivity (Wildman–Crippen MR) is 74.5 cm³/mol. The molecule has 18 heavy (non-hydrogen) atoms. The molecule has 0 atom stereocenters. The Morgan fingerprint density at radius 3 is 2.11 bits per heavy atom. The maximum atomic E-state index is 12.7. The van der Waals surface area contributed by atoms with Gasteiger partial charge in [-0.2, -0.15) is 0 Å². The molecule has 0 aromatic heterocycles. The number of anilines is 2. The highest BCUT2D eigenvalue weighted by Gasteiger charge is 1.97. The number of hydrogen-bond donors (Lipinski definition) is 1. The van der Waals surface area contributed by atoms with Gasteiger partial charge in [0.05, 0.1) is 0 Å². The average molecular weight is 244 g/mol. The maximum absolute atomic E-state index is 12.7. The van der Waals surface area contributed by atoms with Crippen LogP contribution in [0.25, 0.3) is 0 Å². The summed E-state index contributed by atoms with van der Waals surface area (Å²) in [6.45, 7) is 0.735. The molecule has 0 bridgehead atoms. The lowest BCUT2D eigenvalue weighted by Gasteiger charge is -2.13. The third-order valence-electron chi connectivity index (χ3n) is 2.79. The summed E-state index contributed by atoms with van der Waals surface area (Å²) in [5, 5.41) is 3.26. The largest absolute Gasteiger partial charge is 0.381 e. The molecule has 0 radical (unpaired) electrons. The normalized spacial score (nSPS) is 10.2. The molecule has 2 aromatic rings. The lowest BCUT2D eigenvalue weighted by molar-refractivity contribution is 0.628. The van der Waals surface area contributed by atoms with E-state index in [1.54, 1.807) is 12.1 Å². The molecule has 2 nitrogen and oxygen atoms in total. The first-order valence-corrected chi connectivity index (χ1v) is 5.91. The minimum atomic E-state index is -0.212. The third-order valence-corrected chi connectivity index (χ3v) is 2.79. The van der Waals surface area contributed by atoms with E-state index in [1.807, 2.05) is 14.1 Å². The van der Waals surface area contributed by atoms with Gasteiger partial charge < -0.3 is 10.2 Å². The van der Waals surface area contributed by atoms with Gasteiger partial charge in [0.15, 0.2) is 0 Å². The molecular formula is C15H17FN2. The van der Waals surface area contributed by atoms with Crippen LogP contribution >= 0.6 is 0 Å². The highest BCUT2D eigenvalue weighted by atomic mass is 19.1. The molecule has 94 valence electrons. The van der Waals surface area contributed by atoms with Crippen LogP contribution in [0.15, 0.2) is 48.5 Å². The van der Waals surface area contributed by atoms with E-state index in [0.29, 0.717) is 0 Å². The van der Waals surface area contributed by atoms with E-state index < -0.39 is 0 Å². The van der Waals surface area contributed by atoms with Crippen LogP contribution in [-0.2, 0) is 6.54 Å². The number of hydrogen-bond acceptors (Lipinski definition) is 2. The van der Waals surface area contributed by atoms with E-state index in [0.717, 1.165) is 12.2 Å². The van der Waals surface area contributed by atoms with Gasteiger partial charge in [-0.3, -0.25) is 0 Å². The molecule has 1 N–H and O–H groups in total. The van der Waals surface area contributed by atoms with Crippen molar-refractivity contribution < 1.29 is 4.39 Å². The zero-order chi connectivity index (χ0) is 13.0. The minimum absolute atomic E-state index is 0.212. The second kappa shape index (κ2) is 5.54. The Morgan fingerprint density at radius 1 is 0.944 bits per heavy atom. The quantitative estimate of drug-likeness (QED) is 0.885. The standard InChI is InChI=1S/C15H17FN2/c1-18(2)15-9-3-12(4-10-15)11-17-14-7-5-13(16)6-8-14/h3-10,17H,11H2,1-2H3. The summed E-state index contributed by atoms with van der Waals surface area (Å²) in [7, 11) is 4.04. The number of rotatable bonds is 4. The average Bonchev–Trinajstić information content (AvgIpc) is 2.38. The Morgan fingerprint density at radius 2 is 1.56 bits per heavy atom. The van der Waals surface area contributed by atoms with E-state index in [9.17, 15) is 4.39 Å². The zero-order valence-electron chi connectivity index (χ0n) is 10.7. The maximum Gasteiger partial charge on any atom is 0.123 e. The summed E-state index contributed by atoms with van der Waals surface area (Å²) in [5.41, 5.74) is 3.30. The first-order chi connectivity index (χ1) is 8.65. The van der Waals surface area contributed by atoms with E-state index in [4.69, 9.17) is 0 Å². The summed E-state index contributed by atoms with van der Waals surface area (Å²) in [5.74, 6) is -0.212. The molecule has 3 heteroatoms. The van der Waals surface area contributed by atoms with Gasteiger partial charge in [-0.15, -0.1) is 0 Å². The van der Waals surface area contributed by atoms with E-state index in [2.05, 4.69) is 34.5 Å². The summed E-state index contributed by atoms with van der Waals surface area (Å²) >= 11 is 0. The Labute approximate surface area is 107 Å². The molecular weight excluding hydrogens is 227 g/mol. The summed E-state index contributed by atoms with van der Waals surface area (Å²) in [4.78, 5) is 2.07. The first-order valence-electron chi connectivity index (χ1n) is 5.91. The smallest absolute Gasteiger partial charge is 0.123 e. The molecule has 0 fully saturated rings. The Balaban J connectivity index is 1.95. The summed E-state index contributed by atoms with van der Waals surface area (Å²) < 4.78 is 12.7. The SMILES string of the molecule is CN(C)c1ccc(CNc2ccc(F)cc2)cc1. The second-order valence-electron chi connectivity index (χ2n) is 4.42. The second-order valence-corrected chi connectivity index (χ2v) is 4.42. The van der Waals surface area contributed by atoms with Crippen molar-refractivity contribution >= 4 is 11.4 Å². The van der Waals surface area contributed by atoms with Gasteiger partial charge in [0.1, 0.15) is 5.82 Å². The van der Waals surface area contributed by atoms with Crippen LogP contribution in [0, 0.1) is 5.82 Å². The van der Waals surface area contributed by atoms with Crippen LogP contribution in [0.3, 0.4) is 0 Å². The zero-order valence-corrected chi connectivity index (χ0v) is 10.7. The molecule has 2 rings (SSSR count). The van der Waals surface area contributed by atoms with Crippen molar-refractivity contribution in [1.82, 2.24) is 0 Å². The molecule has 0 aliphatic rings. The van der Waals surface area contributed by atoms with Crippen LogP contribution in [0.1, 0.15) is 5.56 Å². The van der Waals surface area contributed by atoms with Gasteiger partial charge in [0.25, 0.3) is 0 Å². The van der Waals surface area contributed by atoms with Crippen molar-refractivity contribution in [2.75, 3.05) is 24.3 Å². The Kier molecular flexibility index (Phi) is 3.82.